The van der Waals surface area contributed by atoms with Gasteiger partial charge in [0.15, 0.2) is 0 Å². The van der Waals surface area contributed by atoms with Crippen molar-refractivity contribution in [2.24, 2.45) is 0 Å². The number of carbonyl (C=O) groups is 1. The van der Waals surface area contributed by atoms with Crippen LogP contribution < -0.4 is 4.74 Å². The van der Waals surface area contributed by atoms with Crippen LogP contribution in [0.4, 0.5) is 4.79 Å². The number of aromatic nitrogens is 1. The van der Waals surface area contributed by atoms with Gasteiger partial charge in [-0.3, -0.25) is 0 Å². The molecule has 142 valence electrons. The van der Waals surface area contributed by atoms with Gasteiger partial charge in [-0.25, -0.2) is 4.79 Å². The van der Waals surface area contributed by atoms with E-state index in [-0.39, 0.29) is 12.9 Å². The maximum absolute atomic E-state index is 12.1. The summed E-state index contributed by atoms with van der Waals surface area (Å²) in [7, 11) is 6.17. The maximum Gasteiger partial charge on any atom is 0.412 e. The topological polar surface area (TPSA) is 61.0 Å². The standard InChI is InChI=1S/C19H28N4O3/c1-21(2)8-7-15-13-20-16-5-4-6-17(18(15)16)25-14-26-19(24)23-11-9-22(3)10-12-23/h4-6,13,20H,7-12,14H2,1-3H3. The van der Waals surface area contributed by atoms with E-state index in [9.17, 15) is 4.79 Å². The van der Waals surface area contributed by atoms with Crippen molar-refractivity contribution in [1.82, 2.24) is 19.7 Å². The van der Waals surface area contributed by atoms with Crippen molar-refractivity contribution in [3.8, 4) is 5.75 Å². The number of ether oxygens (including phenoxy) is 2. The number of hydrogen-bond acceptors (Lipinski definition) is 5. The van der Waals surface area contributed by atoms with Crippen LogP contribution in [-0.2, 0) is 11.2 Å². The Bertz CT molecular complexity index is 735. The summed E-state index contributed by atoms with van der Waals surface area (Å²) in [4.78, 5) is 21.5. The Morgan fingerprint density at radius 1 is 1.23 bits per heavy atom. The Balaban J connectivity index is 1.60. The molecule has 0 spiro atoms. The van der Waals surface area contributed by atoms with Gasteiger partial charge in [0, 0.05) is 49.8 Å². The lowest BCUT2D eigenvalue weighted by molar-refractivity contribution is 0.0271. The monoisotopic (exact) mass is 360 g/mol. The van der Waals surface area contributed by atoms with Gasteiger partial charge < -0.3 is 29.2 Å². The number of piperazine rings is 1. The number of benzene rings is 1. The van der Waals surface area contributed by atoms with Crippen LogP contribution in [0.2, 0.25) is 0 Å². The third-order valence-corrected chi connectivity index (χ3v) is 4.74. The van der Waals surface area contributed by atoms with E-state index in [0.29, 0.717) is 13.1 Å². The van der Waals surface area contributed by atoms with E-state index >= 15 is 0 Å². The highest BCUT2D eigenvalue weighted by Crippen LogP contribution is 2.29. The molecule has 0 bridgehead atoms. The molecule has 0 radical (unpaired) electrons. The summed E-state index contributed by atoms with van der Waals surface area (Å²) >= 11 is 0. The zero-order valence-electron chi connectivity index (χ0n) is 15.8. The van der Waals surface area contributed by atoms with Crippen molar-refractivity contribution in [1.29, 1.82) is 0 Å². The van der Waals surface area contributed by atoms with Crippen LogP contribution >= 0.6 is 0 Å². The molecule has 1 aliphatic rings. The third kappa shape index (κ3) is 4.47. The van der Waals surface area contributed by atoms with E-state index in [4.69, 9.17) is 9.47 Å². The third-order valence-electron chi connectivity index (χ3n) is 4.74. The predicted molar refractivity (Wildman–Crippen MR) is 102 cm³/mol. The average molecular weight is 360 g/mol. The molecule has 7 heteroatoms. The minimum Gasteiger partial charge on any atom is -0.457 e. The van der Waals surface area contributed by atoms with E-state index in [1.54, 1.807) is 4.90 Å². The summed E-state index contributed by atoms with van der Waals surface area (Å²) in [5.41, 5.74) is 2.23. The van der Waals surface area contributed by atoms with Crippen molar-refractivity contribution < 1.29 is 14.3 Å². The highest BCUT2D eigenvalue weighted by molar-refractivity contribution is 5.89. The summed E-state index contributed by atoms with van der Waals surface area (Å²) in [6, 6.07) is 5.88. The summed E-state index contributed by atoms with van der Waals surface area (Å²) in [5.74, 6) is 0.740. The molecule has 2 heterocycles. The molecule has 3 rings (SSSR count). The molecular weight excluding hydrogens is 332 g/mol. The molecule has 1 aromatic heterocycles. The first-order valence-electron chi connectivity index (χ1n) is 9.01. The Morgan fingerprint density at radius 2 is 2.00 bits per heavy atom. The fourth-order valence-corrected chi connectivity index (χ4v) is 3.10. The van der Waals surface area contributed by atoms with Crippen LogP contribution in [0.25, 0.3) is 10.9 Å². The lowest BCUT2D eigenvalue weighted by atomic mass is 10.1. The second kappa shape index (κ2) is 8.42. The summed E-state index contributed by atoms with van der Waals surface area (Å²) in [6.07, 6.45) is 2.64. The van der Waals surface area contributed by atoms with E-state index in [1.807, 2.05) is 24.4 Å². The zero-order valence-corrected chi connectivity index (χ0v) is 15.8. The van der Waals surface area contributed by atoms with Gasteiger partial charge in [0.05, 0.1) is 0 Å². The molecule has 0 atom stereocenters. The Kier molecular flexibility index (Phi) is 6.00. The number of hydrogen-bond donors (Lipinski definition) is 1. The van der Waals surface area contributed by atoms with Gasteiger partial charge >= 0.3 is 6.09 Å². The Morgan fingerprint density at radius 3 is 2.73 bits per heavy atom. The second-order valence-corrected chi connectivity index (χ2v) is 7.01. The normalized spacial score (nSPS) is 15.6. The first-order valence-corrected chi connectivity index (χ1v) is 9.01. The van der Waals surface area contributed by atoms with Gasteiger partial charge in [0.1, 0.15) is 5.75 Å². The van der Waals surface area contributed by atoms with E-state index in [0.717, 1.165) is 42.7 Å². The van der Waals surface area contributed by atoms with Gasteiger partial charge in [-0.05, 0) is 45.3 Å². The van der Waals surface area contributed by atoms with Gasteiger partial charge in [-0.15, -0.1) is 0 Å². The van der Waals surface area contributed by atoms with Gasteiger partial charge in [0.25, 0.3) is 0 Å². The van der Waals surface area contributed by atoms with Crippen LogP contribution in [0.5, 0.6) is 5.75 Å². The molecule has 7 nitrogen and oxygen atoms in total. The molecular formula is C19H28N4O3. The summed E-state index contributed by atoms with van der Waals surface area (Å²) < 4.78 is 11.1. The number of rotatable bonds is 6. The second-order valence-electron chi connectivity index (χ2n) is 7.01. The van der Waals surface area contributed by atoms with Crippen molar-refractivity contribution >= 4 is 17.0 Å². The molecule has 2 aromatic rings. The van der Waals surface area contributed by atoms with Gasteiger partial charge in [-0.1, -0.05) is 6.07 Å². The first kappa shape index (κ1) is 18.5. The lowest BCUT2D eigenvalue weighted by Gasteiger charge is -2.31. The molecule has 26 heavy (non-hydrogen) atoms. The quantitative estimate of drug-likeness (QED) is 0.799. The smallest absolute Gasteiger partial charge is 0.412 e. The fourth-order valence-electron chi connectivity index (χ4n) is 3.10. The molecule has 0 saturated carbocycles. The number of aromatic amines is 1. The van der Waals surface area contributed by atoms with Crippen molar-refractivity contribution in [2.45, 2.75) is 6.42 Å². The Hall–Kier alpha value is -2.25. The Labute approximate surface area is 154 Å². The molecule has 1 aromatic carbocycles. The van der Waals surface area contributed by atoms with Gasteiger partial charge in [-0.2, -0.15) is 0 Å². The average Bonchev–Trinajstić information content (AvgIpc) is 3.04. The molecule has 0 aliphatic carbocycles. The number of fused-ring (bicyclic) bond motifs is 1. The maximum atomic E-state index is 12.1. The number of H-pyrrole nitrogens is 1. The summed E-state index contributed by atoms with van der Waals surface area (Å²) in [5, 5.41) is 1.06. The number of nitrogens with one attached hydrogen (secondary N) is 1. The first-order chi connectivity index (χ1) is 12.5. The van der Waals surface area contributed by atoms with E-state index in [1.165, 1.54) is 5.56 Å². The highest BCUT2D eigenvalue weighted by atomic mass is 16.7. The molecule has 1 saturated heterocycles. The lowest BCUT2D eigenvalue weighted by Crippen LogP contribution is -2.47. The van der Waals surface area contributed by atoms with E-state index in [2.05, 4.69) is 35.9 Å². The minimum atomic E-state index is -0.313. The number of nitrogens with zero attached hydrogens (tertiary/aromatic N) is 3. The predicted octanol–water partition coefficient (Wildman–Crippen LogP) is 1.99. The van der Waals surface area contributed by atoms with Crippen molar-refractivity contribution in [3.63, 3.8) is 0 Å². The van der Waals surface area contributed by atoms with Crippen LogP contribution in [-0.4, -0.2) is 86.4 Å². The van der Waals surface area contributed by atoms with Crippen molar-refractivity contribution in [3.05, 3.63) is 30.0 Å². The number of amides is 1. The largest absolute Gasteiger partial charge is 0.457 e. The fraction of sp³-hybridized carbons (Fsp3) is 0.526. The molecule has 0 unspecified atom stereocenters. The van der Waals surface area contributed by atoms with Crippen LogP contribution in [0.15, 0.2) is 24.4 Å². The molecule has 1 aliphatic heterocycles. The number of carbonyl (C=O) groups excluding carboxylic acids is 1. The van der Waals surface area contributed by atoms with Gasteiger partial charge in [0.2, 0.25) is 6.79 Å². The summed E-state index contributed by atoms with van der Waals surface area (Å²) in [6.45, 7) is 4.00. The van der Waals surface area contributed by atoms with Crippen LogP contribution in [0, 0.1) is 0 Å². The SMILES string of the molecule is CN(C)CCc1c[nH]c2cccc(OCOC(=O)N3CCN(C)CC3)c12. The highest BCUT2D eigenvalue weighted by Gasteiger charge is 2.20. The van der Waals surface area contributed by atoms with Crippen molar-refractivity contribution in [2.75, 3.05) is 60.7 Å². The minimum absolute atomic E-state index is 0.0808. The molecule has 1 fully saturated rings. The van der Waals surface area contributed by atoms with E-state index < -0.39 is 0 Å². The number of likely N-dealkylation sites (N-methyl/N-ethyl adjacent to an activating group) is 2. The molecule has 1 amide bonds. The molecule has 1 N–H and O–H groups in total. The van der Waals surface area contributed by atoms with Crippen LogP contribution in [0.3, 0.4) is 0 Å². The zero-order chi connectivity index (χ0) is 18.5. The van der Waals surface area contributed by atoms with Crippen LogP contribution in [0.1, 0.15) is 5.56 Å².